The standard InChI is InChI=1S/C15H23N5O2/c1-13-16-4-3-14(17-13)18-5-2-6-19(8-7-18)15(21)20-9-11-22-12-10-20/h3-4H,2,5-12H2,1H3. The maximum atomic E-state index is 12.6. The molecule has 7 heteroatoms. The average molecular weight is 305 g/mol. The molecule has 7 nitrogen and oxygen atoms in total. The van der Waals surface area contributed by atoms with Gasteiger partial charge in [-0.05, 0) is 19.4 Å². The molecule has 0 spiro atoms. The van der Waals surface area contributed by atoms with Crippen LogP contribution in [0.5, 0.6) is 0 Å². The van der Waals surface area contributed by atoms with Gasteiger partial charge in [-0.25, -0.2) is 14.8 Å². The Morgan fingerprint density at radius 2 is 1.86 bits per heavy atom. The van der Waals surface area contributed by atoms with Crippen molar-refractivity contribution in [2.75, 3.05) is 57.4 Å². The first-order valence-electron chi connectivity index (χ1n) is 7.90. The predicted octanol–water partition coefficient (Wildman–Crippen LogP) is 0.749. The van der Waals surface area contributed by atoms with Crippen molar-refractivity contribution in [2.45, 2.75) is 13.3 Å². The van der Waals surface area contributed by atoms with E-state index in [9.17, 15) is 4.79 Å². The molecular weight excluding hydrogens is 282 g/mol. The Bertz CT molecular complexity index is 518. The van der Waals surface area contributed by atoms with Gasteiger partial charge in [0.05, 0.1) is 13.2 Å². The number of amides is 2. The zero-order valence-corrected chi connectivity index (χ0v) is 13.1. The Morgan fingerprint density at radius 1 is 1.09 bits per heavy atom. The van der Waals surface area contributed by atoms with Crippen LogP contribution in [0.3, 0.4) is 0 Å². The number of ether oxygens (including phenoxy) is 1. The van der Waals surface area contributed by atoms with E-state index in [2.05, 4.69) is 14.9 Å². The predicted molar refractivity (Wildman–Crippen MR) is 83.0 cm³/mol. The molecule has 2 aliphatic heterocycles. The summed E-state index contributed by atoms with van der Waals surface area (Å²) in [5, 5.41) is 0. The van der Waals surface area contributed by atoms with Crippen molar-refractivity contribution in [1.29, 1.82) is 0 Å². The van der Waals surface area contributed by atoms with Crippen LogP contribution in [0.25, 0.3) is 0 Å². The van der Waals surface area contributed by atoms with E-state index in [-0.39, 0.29) is 6.03 Å². The SMILES string of the molecule is Cc1nccc(N2CCCN(C(=O)N3CCOCC3)CC2)n1. The average Bonchev–Trinajstić information content (AvgIpc) is 2.81. The Labute approximate surface area is 130 Å². The summed E-state index contributed by atoms with van der Waals surface area (Å²) in [5.74, 6) is 1.73. The highest BCUT2D eigenvalue weighted by atomic mass is 16.5. The van der Waals surface area contributed by atoms with Crippen molar-refractivity contribution in [3.8, 4) is 0 Å². The van der Waals surface area contributed by atoms with Crippen LogP contribution in [0.2, 0.25) is 0 Å². The minimum atomic E-state index is 0.143. The number of anilines is 1. The molecule has 0 N–H and O–H groups in total. The second kappa shape index (κ2) is 6.91. The molecule has 3 rings (SSSR count). The van der Waals surface area contributed by atoms with Crippen LogP contribution >= 0.6 is 0 Å². The third kappa shape index (κ3) is 3.47. The molecule has 0 unspecified atom stereocenters. The molecule has 120 valence electrons. The highest BCUT2D eigenvalue weighted by molar-refractivity contribution is 5.74. The van der Waals surface area contributed by atoms with Crippen LogP contribution in [-0.2, 0) is 4.74 Å². The number of nitrogens with zero attached hydrogens (tertiary/aromatic N) is 5. The fraction of sp³-hybridized carbons (Fsp3) is 0.667. The van der Waals surface area contributed by atoms with E-state index in [0.717, 1.165) is 44.2 Å². The molecule has 22 heavy (non-hydrogen) atoms. The van der Waals surface area contributed by atoms with Crippen LogP contribution in [-0.4, -0.2) is 78.3 Å². The lowest BCUT2D eigenvalue weighted by atomic mass is 10.3. The molecule has 0 saturated carbocycles. The summed E-state index contributed by atoms with van der Waals surface area (Å²) >= 11 is 0. The summed E-state index contributed by atoms with van der Waals surface area (Å²) in [7, 11) is 0. The molecule has 0 bridgehead atoms. The van der Waals surface area contributed by atoms with E-state index in [0.29, 0.717) is 26.3 Å². The summed E-state index contributed by atoms with van der Waals surface area (Å²) in [5.41, 5.74) is 0. The molecule has 0 aromatic carbocycles. The molecule has 2 fully saturated rings. The second-order valence-electron chi connectivity index (χ2n) is 5.67. The number of rotatable bonds is 1. The summed E-state index contributed by atoms with van der Waals surface area (Å²) < 4.78 is 5.31. The van der Waals surface area contributed by atoms with E-state index in [1.807, 2.05) is 22.8 Å². The fourth-order valence-corrected chi connectivity index (χ4v) is 2.91. The Kier molecular flexibility index (Phi) is 4.72. The van der Waals surface area contributed by atoms with Gasteiger partial charge >= 0.3 is 6.03 Å². The number of aryl methyl sites for hydroxylation is 1. The summed E-state index contributed by atoms with van der Waals surface area (Å²) in [6, 6.07) is 2.08. The fourth-order valence-electron chi connectivity index (χ4n) is 2.91. The van der Waals surface area contributed by atoms with Gasteiger partial charge in [0, 0.05) is 45.5 Å². The number of morpholine rings is 1. The molecule has 0 radical (unpaired) electrons. The van der Waals surface area contributed by atoms with Crippen LogP contribution < -0.4 is 4.90 Å². The van der Waals surface area contributed by atoms with E-state index >= 15 is 0 Å². The number of carbonyl (C=O) groups is 1. The van der Waals surface area contributed by atoms with Crippen LogP contribution in [0.15, 0.2) is 12.3 Å². The van der Waals surface area contributed by atoms with Crippen molar-refractivity contribution in [3.63, 3.8) is 0 Å². The van der Waals surface area contributed by atoms with Gasteiger partial charge in [0.2, 0.25) is 0 Å². The number of aromatic nitrogens is 2. The minimum Gasteiger partial charge on any atom is -0.378 e. The molecule has 0 aliphatic carbocycles. The topological polar surface area (TPSA) is 61.8 Å². The van der Waals surface area contributed by atoms with Crippen molar-refractivity contribution in [2.24, 2.45) is 0 Å². The molecule has 2 aliphatic rings. The van der Waals surface area contributed by atoms with Gasteiger partial charge in [-0.3, -0.25) is 0 Å². The minimum absolute atomic E-state index is 0.143. The van der Waals surface area contributed by atoms with Crippen molar-refractivity contribution < 1.29 is 9.53 Å². The summed E-state index contributed by atoms with van der Waals surface area (Å²) in [6.45, 7) is 7.85. The zero-order valence-electron chi connectivity index (χ0n) is 13.1. The smallest absolute Gasteiger partial charge is 0.320 e. The molecule has 3 heterocycles. The second-order valence-corrected chi connectivity index (χ2v) is 5.67. The van der Waals surface area contributed by atoms with Gasteiger partial charge in [0.15, 0.2) is 0 Å². The molecule has 1 aromatic rings. The third-order valence-electron chi connectivity index (χ3n) is 4.13. The monoisotopic (exact) mass is 305 g/mol. The lowest BCUT2D eigenvalue weighted by molar-refractivity contribution is 0.0438. The first kappa shape index (κ1) is 15.0. The maximum Gasteiger partial charge on any atom is 0.320 e. The quantitative estimate of drug-likeness (QED) is 0.766. The molecule has 2 amide bonds. The largest absolute Gasteiger partial charge is 0.378 e. The van der Waals surface area contributed by atoms with Gasteiger partial charge in [-0.2, -0.15) is 0 Å². The molecule has 0 atom stereocenters. The molecule has 2 saturated heterocycles. The van der Waals surface area contributed by atoms with E-state index in [4.69, 9.17) is 4.74 Å². The number of urea groups is 1. The van der Waals surface area contributed by atoms with Crippen LogP contribution in [0, 0.1) is 6.92 Å². The van der Waals surface area contributed by atoms with Gasteiger partial charge in [-0.15, -0.1) is 0 Å². The van der Waals surface area contributed by atoms with E-state index in [1.54, 1.807) is 6.20 Å². The lowest BCUT2D eigenvalue weighted by Gasteiger charge is -2.32. The summed E-state index contributed by atoms with van der Waals surface area (Å²) in [6.07, 6.45) is 2.75. The van der Waals surface area contributed by atoms with Crippen LogP contribution in [0.1, 0.15) is 12.2 Å². The normalized spacial score (nSPS) is 20.0. The summed E-state index contributed by atoms with van der Waals surface area (Å²) in [4.78, 5) is 27.3. The number of hydrogen-bond donors (Lipinski definition) is 0. The van der Waals surface area contributed by atoms with Gasteiger partial charge in [-0.1, -0.05) is 0 Å². The number of hydrogen-bond acceptors (Lipinski definition) is 5. The first-order valence-corrected chi connectivity index (χ1v) is 7.90. The van der Waals surface area contributed by atoms with Crippen molar-refractivity contribution in [1.82, 2.24) is 19.8 Å². The van der Waals surface area contributed by atoms with Crippen molar-refractivity contribution >= 4 is 11.8 Å². The van der Waals surface area contributed by atoms with Crippen molar-refractivity contribution in [3.05, 3.63) is 18.1 Å². The number of carbonyl (C=O) groups excluding carboxylic acids is 1. The third-order valence-corrected chi connectivity index (χ3v) is 4.13. The zero-order chi connectivity index (χ0) is 15.4. The highest BCUT2D eigenvalue weighted by Crippen LogP contribution is 2.14. The van der Waals surface area contributed by atoms with Crippen LogP contribution in [0.4, 0.5) is 10.6 Å². The Hall–Kier alpha value is -1.89. The van der Waals surface area contributed by atoms with E-state index < -0.39 is 0 Å². The molecule has 1 aromatic heterocycles. The Balaban J connectivity index is 1.60. The molecular formula is C15H23N5O2. The van der Waals surface area contributed by atoms with Gasteiger partial charge in [0.1, 0.15) is 11.6 Å². The van der Waals surface area contributed by atoms with E-state index in [1.165, 1.54) is 0 Å². The van der Waals surface area contributed by atoms with Gasteiger partial charge in [0.25, 0.3) is 0 Å². The first-order chi connectivity index (χ1) is 10.7. The maximum absolute atomic E-state index is 12.6. The van der Waals surface area contributed by atoms with Gasteiger partial charge < -0.3 is 19.4 Å². The lowest BCUT2D eigenvalue weighted by Crippen LogP contribution is -2.49. The highest BCUT2D eigenvalue weighted by Gasteiger charge is 2.25. The Morgan fingerprint density at radius 3 is 2.64 bits per heavy atom.